The summed E-state index contributed by atoms with van der Waals surface area (Å²) in [7, 11) is 0. The largest absolute Gasteiger partial charge is 0.416 e. The number of aryl methyl sites for hydroxylation is 1. The Labute approximate surface area is 167 Å². The van der Waals surface area contributed by atoms with E-state index >= 15 is 0 Å². The predicted molar refractivity (Wildman–Crippen MR) is 107 cm³/mol. The Hall–Kier alpha value is -3.09. The van der Waals surface area contributed by atoms with E-state index in [9.17, 15) is 13.2 Å². The molecule has 0 bridgehead atoms. The van der Waals surface area contributed by atoms with Crippen molar-refractivity contribution in [3.63, 3.8) is 0 Å². The minimum absolute atomic E-state index is 0.274. The molecule has 0 saturated heterocycles. The third-order valence-corrected chi connectivity index (χ3v) is 5.09. The molecular weight excluding hydrogens is 377 g/mol. The first-order valence-electron chi connectivity index (χ1n) is 9.44. The molecular formula is C22H21F3N4. The van der Waals surface area contributed by atoms with Crippen LogP contribution in [0.1, 0.15) is 27.8 Å². The Morgan fingerprint density at radius 1 is 1.10 bits per heavy atom. The number of alkyl halides is 3. The summed E-state index contributed by atoms with van der Waals surface area (Å²) >= 11 is 0. The van der Waals surface area contributed by atoms with E-state index < -0.39 is 11.7 Å². The van der Waals surface area contributed by atoms with Crippen LogP contribution in [0.25, 0.3) is 0 Å². The van der Waals surface area contributed by atoms with E-state index in [0.717, 1.165) is 36.0 Å². The van der Waals surface area contributed by atoms with Gasteiger partial charge in [-0.15, -0.1) is 0 Å². The molecule has 29 heavy (non-hydrogen) atoms. The van der Waals surface area contributed by atoms with E-state index in [2.05, 4.69) is 20.2 Å². The van der Waals surface area contributed by atoms with Gasteiger partial charge in [0.05, 0.1) is 5.56 Å². The molecule has 1 N–H and O–H groups in total. The van der Waals surface area contributed by atoms with Gasteiger partial charge in [0.25, 0.3) is 0 Å². The highest BCUT2D eigenvalue weighted by atomic mass is 19.4. The maximum atomic E-state index is 12.9. The van der Waals surface area contributed by atoms with Crippen LogP contribution >= 0.6 is 0 Å². The van der Waals surface area contributed by atoms with Crippen molar-refractivity contribution in [2.24, 2.45) is 0 Å². The third kappa shape index (κ3) is 4.34. The van der Waals surface area contributed by atoms with Crippen LogP contribution in [-0.4, -0.2) is 16.5 Å². The molecule has 0 unspecified atom stereocenters. The lowest BCUT2D eigenvalue weighted by Gasteiger charge is -2.31. The van der Waals surface area contributed by atoms with Crippen LogP contribution in [0.4, 0.5) is 24.8 Å². The number of hydrogen-bond donors (Lipinski definition) is 1. The van der Waals surface area contributed by atoms with Gasteiger partial charge in [-0.1, -0.05) is 18.2 Å². The standard InChI is InChI=1S/C22H21F3N4/c1-15-5-6-20(27-12-15)29-10-8-17-7-9-26-21(19(17)14-29)28-13-16-3-2-4-18(11-16)22(23,24)25/h2-7,9,11-12H,8,10,13-14H2,1H3,(H,26,28). The van der Waals surface area contributed by atoms with Crippen LogP contribution < -0.4 is 10.2 Å². The average Bonchev–Trinajstić information content (AvgIpc) is 2.72. The number of rotatable bonds is 4. The van der Waals surface area contributed by atoms with Crippen LogP contribution in [0.2, 0.25) is 0 Å². The lowest BCUT2D eigenvalue weighted by Crippen LogP contribution is -2.31. The molecule has 0 fully saturated rings. The van der Waals surface area contributed by atoms with Crippen molar-refractivity contribution in [1.29, 1.82) is 0 Å². The first-order valence-corrected chi connectivity index (χ1v) is 9.44. The van der Waals surface area contributed by atoms with E-state index in [1.54, 1.807) is 12.3 Å². The molecule has 1 aliphatic rings. The molecule has 1 aliphatic heterocycles. The molecule has 0 radical (unpaired) electrons. The summed E-state index contributed by atoms with van der Waals surface area (Å²) in [5.74, 6) is 1.62. The SMILES string of the molecule is Cc1ccc(N2CCc3ccnc(NCc4cccc(C(F)(F)F)c4)c3C2)nc1. The minimum Gasteiger partial charge on any atom is -0.366 e. The van der Waals surface area contributed by atoms with Gasteiger partial charge in [0, 0.05) is 37.6 Å². The van der Waals surface area contributed by atoms with Crippen LogP contribution in [-0.2, 0) is 25.7 Å². The Morgan fingerprint density at radius 3 is 2.72 bits per heavy atom. The van der Waals surface area contributed by atoms with E-state index in [4.69, 9.17) is 0 Å². The zero-order chi connectivity index (χ0) is 20.4. The summed E-state index contributed by atoms with van der Waals surface area (Å²) in [5, 5.41) is 3.22. The number of benzene rings is 1. The summed E-state index contributed by atoms with van der Waals surface area (Å²) in [4.78, 5) is 11.1. The number of anilines is 2. The summed E-state index contributed by atoms with van der Waals surface area (Å²) in [5.41, 5.74) is 3.29. The first-order chi connectivity index (χ1) is 13.9. The maximum absolute atomic E-state index is 12.9. The van der Waals surface area contributed by atoms with Gasteiger partial charge in [0.2, 0.25) is 0 Å². The Balaban J connectivity index is 1.53. The summed E-state index contributed by atoms with van der Waals surface area (Å²) in [6, 6.07) is 11.4. The number of halogens is 3. The molecule has 0 aliphatic carbocycles. The van der Waals surface area contributed by atoms with Crippen molar-refractivity contribution in [1.82, 2.24) is 9.97 Å². The normalized spacial score (nSPS) is 13.9. The lowest BCUT2D eigenvalue weighted by atomic mass is 10.0. The quantitative estimate of drug-likeness (QED) is 0.673. The number of nitrogens with zero attached hydrogens (tertiary/aromatic N) is 3. The molecule has 7 heteroatoms. The molecule has 3 heterocycles. The van der Waals surface area contributed by atoms with Crippen molar-refractivity contribution in [2.45, 2.75) is 32.6 Å². The second kappa shape index (κ2) is 7.73. The smallest absolute Gasteiger partial charge is 0.366 e. The number of aromatic nitrogens is 2. The molecule has 150 valence electrons. The topological polar surface area (TPSA) is 41.1 Å². The van der Waals surface area contributed by atoms with E-state index in [1.807, 2.05) is 31.3 Å². The second-order valence-corrected chi connectivity index (χ2v) is 7.21. The van der Waals surface area contributed by atoms with Gasteiger partial charge in [0.1, 0.15) is 11.6 Å². The van der Waals surface area contributed by atoms with E-state index in [1.165, 1.54) is 17.7 Å². The predicted octanol–water partition coefficient (Wildman–Crippen LogP) is 4.98. The molecule has 2 aromatic heterocycles. The second-order valence-electron chi connectivity index (χ2n) is 7.21. The number of fused-ring (bicyclic) bond motifs is 1. The van der Waals surface area contributed by atoms with Crippen molar-refractivity contribution < 1.29 is 13.2 Å². The van der Waals surface area contributed by atoms with Crippen molar-refractivity contribution >= 4 is 11.6 Å². The van der Waals surface area contributed by atoms with Crippen LogP contribution in [0.15, 0.2) is 54.9 Å². The zero-order valence-corrected chi connectivity index (χ0v) is 16.0. The third-order valence-electron chi connectivity index (χ3n) is 5.09. The number of nitrogens with one attached hydrogen (secondary N) is 1. The van der Waals surface area contributed by atoms with Crippen molar-refractivity contribution in [3.8, 4) is 0 Å². The van der Waals surface area contributed by atoms with E-state index in [-0.39, 0.29) is 6.54 Å². The Bertz CT molecular complexity index is 1000. The van der Waals surface area contributed by atoms with Gasteiger partial charge in [-0.25, -0.2) is 9.97 Å². The van der Waals surface area contributed by atoms with Crippen LogP contribution in [0, 0.1) is 6.92 Å². The molecule has 0 saturated carbocycles. The van der Waals surface area contributed by atoms with Gasteiger partial charge >= 0.3 is 6.18 Å². The fourth-order valence-electron chi connectivity index (χ4n) is 3.51. The molecule has 1 aromatic carbocycles. The molecule has 0 atom stereocenters. The number of pyridine rings is 2. The minimum atomic E-state index is -4.35. The fourth-order valence-corrected chi connectivity index (χ4v) is 3.51. The molecule has 4 nitrogen and oxygen atoms in total. The molecule has 4 rings (SSSR count). The van der Waals surface area contributed by atoms with Gasteiger partial charge < -0.3 is 10.2 Å². The molecule has 3 aromatic rings. The maximum Gasteiger partial charge on any atom is 0.416 e. The van der Waals surface area contributed by atoms with E-state index in [0.29, 0.717) is 17.9 Å². The van der Waals surface area contributed by atoms with Crippen molar-refractivity contribution in [2.75, 3.05) is 16.8 Å². The average molecular weight is 398 g/mol. The van der Waals surface area contributed by atoms with Gasteiger partial charge in [-0.05, 0) is 54.3 Å². The Kier molecular flexibility index (Phi) is 5.13. The van der Waals surface area contributed by atoms with Gasteiger partial charge in [-0.2, -0.15) is 13.2 Å². The summed E-state index contributed by atoms with van der Waals surface area (Å²) < 4.78 is 38.8. The summed E-state index contributed by atoms with van der Waals surface area (Å²) in [6.45, 7) is 3.79. The van der Waals surface area contributed by atoms with Gasteiger partial charge in [-0.3, -0.25) is 0 Å². The zero-order valence-electron chi connectivity index (χ0n) is 16.0. The van der Waals surface area contributed by atoms with Crippen LogP contribution in [0.3, 0.4) is 0 Å². The highest BCUT2D eigenvalue weighted by Crippen LogP contribution is 2.30. The molecule has 0 spiro atoms. The lowest BCUT2D eigenvalue weighted by molar-refractivity contribution is -0.137. The fraction of sp³-hybridized carbons (Fsp3) is 0.273. The van der Waals surface area contributed by atoms with Gasteiger partial charge in [0.15, 0.2) is 0 Å². The molecule has 0 amide bonds. The van der Waals surface area contributed by atoms with Crippen LogP contribution in [0.5, 0.6) is 0 Å². The van der Waals surface area contributed by atoms with Crippen molar-refractivity contribution in [3.05, 3.63) is 82.7 Å². The highest BCUT2D eigenvalue weighted by molar-refractivity contribution is 5.54. The Morgan fingerprint density at radius 2 is 1.97 bits per heavy atom. The number of hydrogen-bond acceptors (Lipinski definition) is 4. The summed E-state index contributed by atoms with van der Waals surface area (Å²) in [6.07, 6.45) is 0.112. The first kappa shape index (κ1) is 19.2. The monoisotopic (exact) mass is 398 g/mol. The highest BCUT2D eigenvalue weighted by Gasteiger charge is 2.30.